The van der Waals surface area contributed by atoms with Gasteiger partial charge in [0.15, 0.2) is 5.13 Å². The number of nitrogens with one attached hydrogen (secondary N) is 1. The lowest BCUT2D eigenvalue weighted by molar-refractivity contribution is 0.186. The molecule has 7 heteroatoms. The quantitative estimate of drug-likeness (QED) is 0.488. The minimum atomic E-state index is 0.743. The summed E-state index contributed by atoms with van der Waals surface area (Å²) in [5.41, 5.74) is 4.36. The van der Waals surface area contributed by atoms with E-state index >= 15 is 0 Å². The third-order valence-electron chi connectivity index (χ3n) is 5.98. The van der Waals surface area contributed by atoms with Crippen molar-refractivity contribution in [2.24, 2.45) is 5.92 Å². The molecule has 1 saturated heterocycles. The van der Waals surface area contributed by atoms with E-state index in [0.29, 0.717) is 0 Å². The second-order valence-electron chi connectivity index (χ2n) is 8.60. The number of anilines is 2. The van der Waals surface area contributed by atoms with Crippen molar-refractivity contribution in [3.05, 3.63) is 62.5 Å². The molecule has 31 heavy (non-hydrogen) atoms. The van der Waals surface area contributed by atoms with Gasteiger partial charge in [0, 0.05) is 34.1 Å². The van der Waals surface area contributed by atoms with Gasteiger partial charge >= 0.3 is 0 Å². The molecule has 0 bridgehead atoms. The summed E-state index contributed by atoms with van der Waals surface area (Å²) in [4.78, 5) is 18.0. The van der Waals surface area contributed by atoms with Gasteiger partial charge in [-0.15, -0.1) is 11.3 Å². The van der Waals surface area contributed by atoms with Gasteiger partial charge in [-0.2, -0.15) is 0 Å². The molecular weight excluding hydrogens is 426 g/mol. The molecule has 0 unspecified atom stereocenters. The molecule has 1 aliphatic rings. The van der Waals surface area contributed by atoms with Crippen LogP contribution in [-0.2, 0) is 13.0 Å². The van der Waals surface area contributed by atoms with Crippen LogP contribution in [0.4, 0.5) is 10.9 Å². The number of aryl methyl sites for hydroxylation is 3. The second kappa shape index (κ2) is 9.63. The maximum absolute atomic E-state index is 6.05. The summed E-state index contributed by atoms with van der Waals surface area (Å²) in [5.74, 6) is 2.45. The fourth-order valence-electron chi connectivity index (χ4n) is 4.01. The highest BCUT2D eigenvalue weighted by molar-refractivity contribution is 7.15. The summed E-state index contributed by atoms with van der Waals surface area (Å²) in [7, 11) is 0. The van der Waals surface area contributed by atoms with Gasteiger partial charge in [0.05, 0.1) is 5.69 Å². The highest BCUT2D eigenvalue weighted by Gasteiger charge is 2.19. The van der Waals surface area contributed by atoms with Gasteiger partial charge in [0.25, 0.3) is 0 Å². The summed E-state index contributed by atoms with van der Waals surface area (Å²) in [5, 5.41) is 5.14. The molecule has 4 rings (SSSR count). The molecule has 0 atom stereocenters. The van der Waals surface area contributed by atoms with E-state index in [-0.39, 0.29) is 0 Å². The highest BCUT2D eigenvalue weighted by atomic mass is 35.5. The average molecular weight is 456 g/mol. The van der Waals surface area contributed by atoms with Crippen LogP contribution in [0.3, 0.4) is 0 Å². The Bertz CT molecular complexity index is 1040. The first kappa shape index (κ1) is 22.2. The van der Waals surface area contributed by atoms with Crippen molar-refractivity contribution in [3.63, 3.8) is 0 Å². The van der Waals surface area contributed by atoms with Crippen LogP contribution >= 0.6 is 22.9 Å². The van der Waals surface area contributed by atoms with Crippen molar-refractivity contribution in [2.75, 3.05) is 18.4 Å². The van der Waals surface area contributed by atoms with Crippen molar-refractivity contribution in [3.8, 4) is 0 Å². The highest BCUT2D eigenvalue weighted by Crippen LogP contribution is 2.30. The summed E-state index contributed by atoms with van der Waals surface area (Å²) in [6, 6.07) is 7.95. The number of thiazole rings is 1. The first-order valence-electron chi connectivity index (χ1n) is 10.9. The Labute approximate surface area is 193 Å². The number of halogens is 1. The number of hydrogen-bond acceptors (Lipinski definition) is 6. The molecule has 3 heterocycles. The van der Waals surface area contributed by atoms with Crippen molar-refractivity contribution in [2.45, 2.75) is 53.5 Å². The summed E-state index contributed by atoms with van der Waals surface area (Å²) in [6.45, 7) is 11.8. The van der Waals surface area contributed by atoms with Gasteiger partial charge in [-0.1, -0.05) is 30.7 Å². The van der Waals surface area contributed by atoms with Crippen molar-refractivity contribution >= 4 is 33.9 Å². The Morgan fingerprint density at radius 1 is 1.03 bits per heavy atom. The van der Waals surface area contributed by atoms with Crippen molar-refractivity contribution in [1.82, 2.24) is 19.9 Å². The van der Waals surface area contributed by atoms with E-state index in [0.717, 1.165) is 57.6 Å². The lowest BCUT2D eigenvalue weighted by Crippen LogP contribution is -2.32. The normalized spacial score (nSPS) is 15.4. The second-order valence-corrected chi connectivity index (χ2v) is 10.1. The number of hydrogen-bond donors (Lipinski definition) is 1. The Hall–Kier alpha value is -2.02. The molecule has 1 aromatic carbocycles. The fraction of sp³-hybridized carbons (Fsp3) is 0.458. The van der Waals surface area contributed by atoms with Crippen LogP contribution in [0, 0.1) is 26.7 Å². The molecule has 3 aromatic rings. The topological polar surface area (TPSA) is 53.9 Å². The van der Waals surface area contributed by atoms with Gasteiger partial charge in [-0.25, -0.2) is 15.0 Å². The van der Waals surface area contributed by atoms with Gasteiger partial charge in [-0.05, 0) is 70.3 Å². The van der Waals surface area contributed by atoms with E-state index in [1.165, 1.54) is 36.4 Å². The minimum absolute atomic E-state index is 0.743. The van der Waals surface area contributed by atoms with E-state index in [4.69, 9.17) is 21.6 Å². The zero-order valence-corrected chi connectivity index (χ0v) is 20.3. The maximum atomic E-state index is 6.05. The molecule has 0 saturated carbocycles. The van der Waals surface area contributed by atoms with Crippen LogP contribution in [0.5, 0.6) is 0 Å². The SMILES string of the molecule is Cc1nc(C)c(Cc2ccc(Cl)cc2)c(Nc2nc(C)c(CN3CCC(C)CC3)s2)n1. The number of benzene rings is 1. The number of likely N-dealkylation sites (tertiary alicyclic amines) is 1. The monoisotopic (exact) mass is 455 g/mol. The molecular formula is C24H30ClN5S. The fourth-order valence-corrected chi connectivity index (χ4v) is 5.14. The van der Waals surface area contributed by atoms with Crippen LogP contribution in [-0.4, -0.2) is 32.9 Å². The molecule has 1 N–H and O–H groups in total. The number of nitrogens with zero attached hydrogens (tertiary/aromatic N) is 4. The molecule has 164 valence electrons. The van der Waals surface area contributed by atoms with E-state index in [1.54, 1.807) is 11.3 Å². The van der Waals surface area contributed by atoms with Crippen LogP contribution in [0.25, 0.3) is 0 Å². The average Bonchev–Trinajstić information content (AvgIpc) is 3.06. The first-order chi connectivity index (χ1) is 14.9. The Morgan fingerprint density at radius 2 is 1.74 bits per heavy atom. The Morgan fingerprint density at radius 3 is 2.45 bits per heavy atom. The van der Waals surface area contributed by atoms with Crippen molar-refractivity contribution in [1.29, 1.82) is 0 Å². The molecule has 2 aromatic heterocycles. The zero-order valence-electron chi connectivity index (χ0n) is 18.7. The maximum Gasteiger partial charge on any atom is 0.188 e. The van der Waals surface area contributed by atoms with Gasteiger partial charge in [0.1, 0.15) is 11.6 Å². The van der Waals surface area contributed by atoms with Crippen LogP contribution in [0.15, 0.2) is 24.3 Å². The molecule has 0 aliphatic carbocycles. The number of piperidine rings is 1. The summed E-state index contributed by atoms with van der Waals surface area (Å²) >= 11 is 7.79. The van der Waals surface area contributed by atoms with Gasteiger partial charge in [0.2, 0.25) is 0 Å². The molecule has 0 radical (unpaired) electrons. The van der Waals surface area contributed by atoms with Gasteiger partial charge < -0.3 is 5.32 Å². The van der Waals surface area contributed by atoms with Crippen LogP contribution < -0.4 is 5.32 Å². The van der Waals surface area contributed by atoms with E-state index in [2.05, 4.69) is 41.2 Å². The Balaban J connectivity index is 1.54. The summed E-state index contributed by atoms with van der Waals surface area (Å²) in [6.07, 6.45) is 3.32. The lowest BCUT2D eigenvalue weighted by atomic mass is 9.99. The minimum Gasteiger partial charge on any atom is -0.316 e. The summed E-state index contributed by atoms with van der Waals surface area (Å²) < 4.78 is 0. The Kier molecular flexibility index (Phi) is 6.89. The van der Waals surface area contributed by atoms with Crippen LogP contribution in [0.1, 0.15) is 53.0 Å². The molecule has 0 amide bonds. The van der Waals surface area contributed by atoms with E-state index in [9.17, 15) is 0 Å². The van der Waals surface area contributed by atoms with E-state index < -0.39 is 0 Å². The largest absolute Gasteiger partial charge is 0.316 e. The predicted octanol–water partition coefficient (Wildman–Crippen LogP) is 6.08. The lowest BCUT2D eigenvalue weighted by Gasteiger charge is -2.29. The zero-order chi connectivity index (χ0) is 22.0. The predicted molar refractivity (Wildman–Crippen MR) is 130 cm³/mol. The van der Waals surface area contributed by atoms with Gasteiger partial charge in [-0.3, -0.25) is 4.90 Å². The molecule has 1 fully saturated rings. The third kappa shape index (κ3) is 5.62. The van der Waals surface area contributed by atoms with Crippen molar-refractivity contribution < 1.29 is 0 Å². The standard InChI is InChI=1S/C24H30ClN5S/c1-15-9-11-30(12-10-15)14-22-17(3)27-24(31-22)29-23-21(16(2)26-18(4)28-23)13-19-5-7-20(25)8-6-19/h5-8,15H,9-14H2,1-4H3,(H,26,27,28,29). The van der Waals surface area contributed by atoms with E-state index in [1.807, 2.05) is 26.0 Å². The number of aromatic nitrogens is 3. The first-order valence-corrected chi connectivity index (χ1v) is 12.1. The molecule has 0 spiro atoms. The smallest absolute Gasteiger partial charge is 0.188 e. The molecule has 1 aliphatic heterocycles. The number of rotatable bonds is 6. The van der Waals surface area contributed by atoms with Crippen LogP contribution in [0.2, 0.25) is 5.02 Å². The third-order valence-corrected chi connectivity index (χ3v) is 7.29. The molecule has 5 nitrogen and oxygen atoms in total.